The van der Waals surface area contributed by atoms with Gasteiger partial charge in [0.15, 0.2) is 0 Å². The number of nitrogens with one attached hydrogen (secondary N) is 1. The number of hydrogen-bond acceptors (Lipinski definition) is 3. The minimum Gasteiger partial charge on any atom is -0.409 e. The maximum Gasteiger partial charge on any atom is 0.139 e. The van der Waals surface area contributed by atoms with Crippen LogP contribution < -0.4 is 11.1 Å². The van der Waals surface area contributed by atoms with Gasteiger partial charge in [0, 0.05) is 18.5 Å². The molecule has 4 nitrogen and oxygen atoms in total. The van der Waals surface area contributed by atoms with Crippen molar-refractivity contribution in [1.29, 1.82) is 0 Å². The van der Waals surface area contributed by atoms with Gasteiger partial charge in [0.1, 0.15) is 5.84 Å². The topological polar surface area (TPSA) is 70.6 Å². The summed E-state index contributed by atoms with van der Waals surface area (Å²) in [5.41, 5.74) is 6.01. The molecule has 0 radical (unpaired) electrons. The van der Waals surface area contributed by atoms with E-state index in [0.717, 1.165) is 6.54 Å². The fourth-order valence-electron chi connectivity index (χ4n) is 2.15. The average Bonchev–Trinajstić information content (AvgIpc) is 2.96. The lowest BCUT2D eigenvalue weighted by Crippen LogP contribution is -2.43. The third kappa shape index (κ3) is 4.00. The normalized spacial score (nSPS) is 19.8. The molecule has 94 valence electrons. The summed E-state index contributed by atoms with van der Waals surface area (Å²) in [4.78, 5) is 0. The predicted molar refractivity (Wildman–Crippen MR) is 66.7 cm³/mol. The SMILES string of the molecule is CCCC(C)(C)NCC1(CC(N)=NO)CC1. The van der Waals surface area contributed by atoms with Crippen LogP contribution in [-0.4, -0.2) is 23.1 Å². The van der Waals surface area contributed by atoms with E-state index in [1.807, 2.05) is 0 Å². The summed E-state index contributed by atoms with van der Waals surface area (Å²) in [6.07, 6.45) is 5.43. The minimum atomic E-state index is 0.190. The van der Waals surface area contributed by atoms with Crippen molar-refractivity contribution in [3.05, 3.63) is 0 Å². The third-order valence-electron chi connectivity index (χ3n) is 3.46. The molecular weight excluding hydrogens is 202 g/mol. The van der Waals surface area contributed by atoms with Gasteiger partial charge in [-0.05, 0) is 38.5 Å². The van der Waals surface area contributed by atoms with E-state index in [9.17, 15) is 0 Å². The molecule has 0 aromatic heterocycles. The maximum absolute atomic E-state index is 8.58. The van der Waals surface area contributed by atoms with Crippen molar-refractivity contribution in [1.82, 2.24) is 5.32 Å². The molecule has 1 aliphatic rings. The molecule has 0 bridgehead atoms. The highest BCUT2D eigenvalue weighted by molar-refractivity contribution is 5.80. The fourth-order valence-corrected chi connectivity index (χ4v) is 2.15. The van der Waals surface area contributed by atoms with Crippen LogP contribution in [0.3, 0.4) is 0 Å². The van der Waals surface area contributed by atoms with Gasteiger partial charge >= 0.3 is 0 Å². The van der Waals surface area contributed by atoms with Crippen LogP contribution in [0.15, 0.2) is 5.16 Å². The Labute approximate surface area is 98.3 Å². The van der Waals surface area contributed by atoms with Gasteiger partial charge in [0.25, 0.3) is 0 Å². The lowest BCUT2D eigenvalue weighted by molar-refractivity contribution is 0.305. The van der Waals surface area contributed by atoms with Crippen LogP contribution in [0, 0.1) is 5.41 Å². The predicted octanol–water partition coefficient (Wildman–Crippen LogP) is 2.07. The quantitative estimate of drug-likeness (QED) is 0.270. The summed E-state index contributed by atoms with van der Waals surface area (Å²) in [7, 11) is 0. The zero-order valence-corrected chi connectivity index (χ0v) is 10.7. The lowest BCUT2D eigenvalue weighted by Gasteiger charge is -2.28. The van der Waals surface area contributed by atoms with Gasteiger partial charge < -0.3 is 16.3 Å². The Hall–Kier alpha value is -0.770. The van der Waals surface area contributed by atoms with Crippen LogP contribution in [-0.2, 0) is 0 Å². The van der Waals surface area contributed by atoms with E-state index in [1.165, 1.54) is 25.7 Å². The molecule has 0 aliphatic heterocycles. The molecule has 0 aromatic rings. The van der Waals surface area contributed by atoms with Crippen molar-refractivity contribution >= 4 is 5.84 Å². The Balaban J connectivity index is 2.37. The monoisotopic (exact) mass is 227 g/mol. The summed E-state index contributed by atoms with van der Waals surface area (Å²) < 4.78 is 0. The Morgan fingerprint density at radius 1 is 1.50 bits per heavy atom. The molecule has 4 N–H and O–H groups in total. The standard InChI is InChI=1S/C12H25N3O/c1-4-5-11(2,3)14-9-12(6-7-12)8-10(13)15-16/h14,16H,4-9H2,1-3H3,(H2,13,15). The van der Waals surface area contributed by atoms with Gasteiger partial charge in [-0.25, -0.2) is 0 Å². The molecule has 0 saturated heterocycles. The van der Waals surface area contributed by atoms with Crippen molar-refractivity contribution in [3.8, 4) is 0 Å². The molecule has 0 spiro atoms. The van der Waals surface area contributed by atoms with Gasteiger partial charge in [-0.15, -0.1) is 0 Å². The molecule has 0 aromatic carbocycles. The molecule has 1 rings (SSSR count). The Bertz CT molecular complexity index is 257. The van der Waals surface area contributed by atoms with Crippen molar-refractivity contribution in [3.63, 3.8) is 0 Å². The van der Waals surface area contributed by atoms with Gasteiger partial charge in [0.2, 0.25) is 0 Å². The second-order valence-electron chi connectivity index (χ2n) is 5.76. The lowest BCUT2D eigenvalue weighted by atomic mass is 9.95. The van der Waals surface area contributed by atoms with Crippen LogP contribution in [0.25, 0.3) is 0 Å². The summed E-state index contributed by atoms with van der Waals surface area (Å²) >= 11 is 0. The van der Waals surface area contributed by atoms with Crippen LogP contribution in [0.5, 0.6) is 0 Å². The molecular formula is C12H25N3O. The molecule has 1 fully saturated rings. The zero-order valence-electron chi connectivity index (χ0n) is 10.7. The molecule has 1 aliphatic carbocycles. The zero-order chi connectivity index (χ0) is 12.2. The minimum absolute atomic E-state index is 0.190. The van der Waals surface area contributed by atoms with Crippen molar-refractivity contribution in [2.24, 2.45) is 16.3 Å². The molecule has 16 heavy (non-hydrogen) atoms. The molecule has 4 heteroatoms. The number of nitrogens with two attached hydrogens (primary N) is 1. The summed E-state index contributed by atoms with van der Waals surface area (Å²) in [5, 5.41) is 15.2. The van der Waals surface area contributed by atoms with E-state index in [4.69, 9.17) is 10.9 Å². The molecule has 0 heterocycles. The van der Waals surface area contributed by atoms with Crippen molar-refractivity contribution < 1.29 is 5.21 Å². The van der Waals surface area contributed by atoms with E-state index in [-0.39, 0.29) is 11.0 Å². The number of nitrogens with zero attached hydrogens (tertiary/aromatic N) is 1. The van der Waals surface area contributed by atoms with Gasteiger partial charge in [-0.1, -0.05) is 18.5 Å². The highest BCUT2D eigenvalue weighted by Gasteiger charge is 2.43. The van der Waals surface area contributed by atoms with E-state index in [2.05, 4.69) is 31.2 Å². The molecule has 1 saturated carbocycles. The second-order valence-corrected chi connectivity index (χ2v) is 5.76. The number of hydrogen-bond donors (Lipinski definition) is 3. The first kappa shape index (κ1) is 13.3. The number of amidine groups is 1. The first-order valence-corrected chi connectivity index (χ1v) is 6.14. The smallest absolute Gasteiger partial charge is 0.139 e. The third-order valence-corrected chi connectivity index (χ3v) is 3.46. The van der Waals surface area contributed by atoms with E-state index >= 15 is 0 Å². The molecule has 0 amide bonds. The molecule has 0 atom stereocenters. The number of rotatable bonds is 7. The maximum atomic E-state index is 8.58. The largest absolute Gasteiger partial charge is 0.409 e. The Kier molecular flexibility index (Phi) is 4.19. The Morgan fingerprint density at radius 3 is 2.56 bits per heavy atom. The average molecular weight is 227 g/mol. The highest BCUT2D eigenvalue weighted by Crippen LogP contribution is 2.48. The van der Waals surface area contributed by atoms with Crippen molar-refractivity contribution in [2.75, 3.05) is 6.54 Å². The van der Waals surface area contributed by atoms with Crippen molar-refractivity contribution in [2.45, 2.75) is 58.4 Å². The van der Waals surface area contributed by atoms with Gasteiger partial charge in [-0.2, -0.15) is 0 Å². The van der Waals surface area contributed by atoms with Crippen LogP contribution in [0.4, 0.5) is 0 Å². The van der Waals surface area contributed by atoms with Gasteiger partial charge in [0.05, 0.1) is 0 Å². The summed E-state index contributed by atoms with van der Waals surface area (Å²) in [6.45, 7) is 7.63. The Morgan fingerprint density at radius 2 is 2.12 bits per heavy atom. The van der Waals surface area contributed by atoms with E-state index in [1.54, 1.807) is 0 Å². The first-order chi connectivity index (χ1) is 7.43. The van der Waals surface area contributed by atoms with Crippen LogP contribution in [0.1, 0.15) is 52.9 Å². The fraction of sp³-hybridized carbons (Fsp3) is 0.917. The molecule has 0 unspecified atom stereocenters. The van der Waals surface area contributed by atoms with Crippen LogP contribution >= 0.6 is 0 Å². The van der Waals surface area contributed by atoms with E-state index < -0.39 is 0 Å². The highest BCUT2D eigenvalue weighted by atomic mass is 16.4. The van der Waals surface area contributed by atoms with Gasteiger partial charge in [-0.3, -0.25) is 0 Å². The number of oxime groups is 1. The first-order valence-electron chi connectivity index (χ1n) is 6.14. The van der Waals surface area contributed by atoms with Crippen LogP contribution in [0.2, 0.25) is 0 Å². The summed E-state index contributed by atoms with van der Waals surface area (Å²) in [5.74, 6) is 0.354. The van der Waals surface area contributed by atoms with E-state index in [0.29, 0.717) is 12.3 Å². The second kappa shape index (κ2) is 5.04. The summed E-state index contributed by atoms with van der Waals surface area (Å²) in [6, 6.07) is 0.